The topological polar surface area (TPSA) is 94.4 Å². The molecular weight excluding hydrogens is 318 g/mol. The van der Waals surface area contributed by atoms with Gasteiger partial charge in [0.1, 0.15) is 12.3 Å². The van der Waals surface area contributed by atoms with Gasteiger partial charge in [0.25, 0.3) is 0 Å². The zero-order chi connectivity index (χ0) is 16.2. The summed E-state index contributed by atoms with van der Waals surface area (Å²) in [6.07, 6.45) is -0.758. The van der Waals surface area contributed by atoms with Gasteiger partial charge >= 0.3 is 11.8 Å². The van der Waals surface area contributed by atoms with Crippen LogP contribution >= 0.6 is 11.3 Å². The van der Waals surface area contributed by atoms with Crippen molar-refractivity contribution < 1.29 is 14.5 Å². The summed E-state index contributed by atoms with van der Waals surface area (Å²) in [7, 11) is 0. The molecule has 0 bridgehead atoms. The summed E-state index contributed by atoms with van der Waals surface area (Å²) in [5.41, 5.74) is 2.43. The number of aromatic nitrogens is 1. The quantitative estimate of drug-likeness (QED) is 0.577. The van der Waals surface area contributed by atoms with E-state index in [0.717, 1.165) is 5.56 Å². The SMILES string of the molecule is O=C(Nc1ccc2scnc2c1[N+](=O)[O-])OCc1ccccc1. The van der Waals surface area contributed by atoms with Gasteiger partial charge in [-0.1, -0.05) is 30.3 Å². The van der Waals surface area contributed by atoms with Gasteiger partial charge in [-0.05, 0) is 17.7 Å². The van der Waals surface area contributed by atoms with E-state index in [2.05, 4.69) is 10.3 Å². The van der Waals surface area contributed by atoms with Crippen molar-refractivity contribution in [3.8, 4) is 0 Å². The summed E-state index contributed by atoms with van der Waals surface area (Å²) in [5, 5.41) is 13.7. The Balaban J connectivity index is 1.77. The molecule has 1 N–H and O–H groups in total. The maximum absolute atomic E-state index is 11.9. The molecule has 0 aliphatic heterocycles. The Morgan fingerprint density at radius 2 is 2.04 bits per heavy atom. The highest BCUT2D eigenvalue weighted by atomic mass is 32.1. The fourth-order valence-corrected chi connectivity index (χ4v) is 2.75. The van der Waals surface area contributed by atoms with Gasteiger partial charge in [0.2, 0.25) is 0 Å². The minimum atomic E-state index is -0.758. The second-order valence-electron chi connectivity index (χ2n) is 4.60. The fourth-order valence-electron chi connectivity index (χ4n) is 2.07. The summed E-state index contributed by atoms with van der Waals surface area (Å²) in [6.45, 7) is 0.0828. The molecule has 0 saturated heterocycles. The number of thiazole rings is 1. The molecule has 1 aromatic heterocycles. The lowest BCUT2D eigenvalue weighted by Gasteiger charge is -2.07. The zero-order valence-corrected chi connectivity index (χ0v) is 12.6. The van der Waals surface area contributed by atoms with Crippen LogP contribution in [0.3, 0.4) is 0 Å². The summed E-state index contributed by atoms with van der Waals surface area (Å²) >= 11 is 1.29. The number of anilines is 1. The summed E-state index contributed by atoms with van der Waals surface area (Å²) in [5.74, 6) is 0. The van der Waals surface area contributed by atoms with Crippen molar-refractivity contribution in [1.82, 2.24) is 4.98 Å². The standard InChI is InChI=1S/C15H11N3O4S/c19-15(22-8-10-4-2-1-3-5-10)17-11-6-7-12-13(16-9-23-12)14(11)18(20)21/h1-7,9H,8H2,(H,17,19). The number of nitrogens with zero attached hydrogens (tertiary/aromatic N) is 2. The second kappa shape index (κ2) is 6.41. The van der Waals surface area contributed by atoms with E-state index in [4.69, 9.17) is 4.74 Å². The van der Waals surface area contributed by atoms with Crippen molar-refractivity contribution in [1.29, 1.82) is 0 Å². The van der Waals surface area contributed by atoms with Crippen LogP contribution in [0.5, 0.6) is 0 Å². The highest BCUT2D eigenvalue weighted by Crippen LogP contribution is 2.34. The number of amides is 1. The Kier molecular flexibility index (Phi) is 4.15. The Labute approximate surface area is 134 Å². The molecule has 0 fully saturated rings. The lowest BCUT2D eigenvalue weighted by molar-refractivity contribution is -0.382. The van der Waals surface area contributed by atoms with Gasteiger partial charge in [-0.2, -0.15) is 0 Å². The predicted octanol–water partition coefficient (Wildman–Crippen LogP) is 3.95. The molecule has 0 radical (unpaired) electrons. The van der Waals surface area contributed by atoms with E-state index in [0.29, 0.717) is 4.70 Å². The first-order valence-corrected chi connectivity index (χ1v) is 7.51. The van der Waals surface area contributed by atoms with Crippen LogP contribution in [0.25, 0.3) is 10.2 Å². The highest BCUT2D eigenvalue weighted by molar-refractivity contribution is 7.16. The molecule has 0 aliphatic rings. The minimum Gasteiger partial charge on any atom is -0.444 e. The zero-order valence-electron chi connectivity index (χ0n) is 11.8. The number of carbonyl (C=O) groups excluding carboxylic acids is 1. The van der Waals surface area contributed by atoms with Crippen molar-refractivity contribution in [2.75, 3.05) is 5.32 Å². The van der Waals surface area contributed by atoms with Crippen LogP contribution in [0.1, 0.15) is 5.56 Å². The number of nitro benzene ring substituents is 1. The Bertz CT molecular complexity index is 864. The number of ether oxygens (including phenoxy) is 1. The molecule has 2 aromatic carbocycles. The third kappa shape index (κ3) is 3.27. The molecule has 0 aliphatic carbocycles. The van der Waals surface area contributed by atoms with Gasteiger partial charge in [0.15, 0.2) is 5.52 Å². The first kappa shape index (κ1) is 14.9. The van der Waals surface area contributed by atoms with Gasteiger partial charge in [-0.25, -0.2) is 9.78 Å². The summed E-state index contributed by atoms with van der Waals surface area (Å²) < 4.78 is 5.75. The lowest BCUT2D eigenvalue weighted by atomic mass is 10.2. The van der Waals surface area contributed by atoms with Crippen LogP contribution in [-0.2, 0) is 11.3 Å². The first-order valence-electron chi connectivity index (χ1n) is 6.63. The smallest absolute Gasteiger partial charge is 0.412 e. The molecule has 0 saturated carbocycles. The van der Waals surface area contributed by atoms with Crippen molar-refractivity contribution in [3.05, 3.63) is 63.7 Å². The monoisotopic (exact) mass is 329 g/mol. The molecule has 8 heteroatoms. The van der Waals surface area contributed by atoms with E-state index >= 15 is 0 Å². The van der Waals surface area contributed by atoms with Crippen molar-refractivity contribution in [2.24, 2.45) is 0 Å². The number of nitrogens with one attached hydrogen (secondary N) is 1. The number of benzene rings is 2. The van der Waals surface area contributed by atoms with Crippen LogP contribution in [0, 0.1) is 10.1 Å². The molecule has 0 unspecified atom stereocenters. The van der Waals surface area contributed by atoms with Crippen molar-refractivity contribution in [2.45, 2.75) is 6.61 Å². The number of hydrogen-bond donors (Lipinski definition) is 1. The van der Waals surface area contributed by atoms with Gasteiger partial charge in [0.05, 0.1) is 15.1 Å². The predicted molar refractivity (Wildman–Crippen MR) is 86.5 cm³/mol. The van der Waals surface area contributed by atoms with E-state index in [9.17, 15) is 14.9 Å². The summed E-state index contributed by atoms with van der Waals surface area (Å²) in [6, 6.07) is 12.3. The van der Waals surface area contributed by atoms with Crippen molar-refractivity contribution in [3.63, 3.8) is 0 Å². The fraction of sp³-hybridized carbons (Fsp3) is 0.0667. The van der Waals surface area contributed by atoms with Crippen LogP contribution in [0.15, 0.2) is 48.0 Å². The van der Waals surface area contributed by atoms with E-state index in [-0.39, 0.29) is 23.5 Å². The Morgan fingerprint density at radius 1 is 1.26 bits per heavy atom. The van der Waals surface area contributed by atoms with E-state index in [1.807, 2.05) is 30.3 Å². The van der Waals surface area contributed by atoms with Gasteiger partial charge in [-0.3, -0.25) is 15.4 Å². The molecule has 3 aromatic rings. The molecule has 1 amide bonds. The molecule has 0 atom stereocenters. The summed E-state index contributed by atoms with van der Waals surface area (Å²) in [4.78, 5) is 26.6. The van der Waals surface area contributed by atoms with E-state index in [1.165, 1.54) is 22.9 Å². The number of fused-ring (bicyclic) bond motifs is 1. The average Bonchev–Trinajstić information content (AvgIpc) is 3.01. The highest BCUT2D eigenvalue weighted by Gasteiger charge is 2.22. The number of hydrogen-bond acceptors (Lipinski definition) is 6. The Morgan fingerprint density at radius 3 is 2.78 bits per heavy atom. The normalized spacial score (nSPS) is 10.4. The minimum absolute atomic E-state index is 0.0615. The maximum atomic E-state index is 11.9. The molecule has 3 rings (SSSR count). The molecule has 7 nitrogen and oxygen atoms in total. The maximum Gasteiger partial charge on any atom is 0.412 e. The van der Waals surface area contributed by atoms with Crippen LogP contribution in [0.2, 0.25) is 0 Å². The van der Waals surface area contributed by atoms with E-state index < -0.39 is 11.0 Å². The number of nitro groups is 1. The number of rotatable bonds is 4. The van der Waals surface area contributed by atoms with E-state index in [1.54, 1.807) is 6.07 Å². The molecule has 23 heavy (non-hydrogen) atoms. The third-order valence-corrected chi connectivity index (χ3v) is 3.90. The lowest BCUT2D eigenvalue weighted by Crippen LogP contribution is -2.14. The van der Waals surface area contributed by atoms with Gasteiger partial charge < -0.3 is 4.74 Å². The molecule has 0 spiro atoms. The van der Waals surface area contributed by atoms with Crippen LogP contribution in [-0.4, -0.2) is 16.0 Å². The second-order valence-corrected chi connectivity index (χ2v) is 5.49. The van der Waals surface area contributed by atoms with Gasteiger partial charge in [0, 0.05) is 0 Å². The molecular formula is C15H11N3O4S. The number of carbonyl (C=O) groups is 1. The largest absolute Gasteiger partial charge is 0.444 e. The first-order chi connectivity index (χ1) is 11.1. The molecule has 116 valence electrons. The van der Waals surface area contributed by atoms with Crippen LogP contribution in [0.4, 0.5) is 16.2 Å². The van der Waals surface area contributed by atoms with Crippen LogP contribution < -0.4 is 5.32 Å². The van der Waals surface area contributed by atoms with Gasteiger partial charge in [-0.15, -0.1) is 11.3 Å². The average molecular weight is 329 g/mol. The van der Waals surface area contributed by atoms with Crippen molar-refractivity contribution >= 4 is 39.0 Å². The third-order valence-electron chi connectivity index (χ3n) is 3.11. The molecule has 1 heterocycles. The Hall–Kier alpha value is -3.00.